The average Bonchev–Trinajstić information content (AvgIpc) is 2.94. The Bertz CT molecular complexity index is 988. The van der Waals surface area contributed by atoms with E-state index >= 15 is 0 Å². The first-order chi connectivity index (χ1) is 12.5. The van der Waals surface area contributed by atoms with Gasteiger partial charge in [0.15, 0.2) is 5.13 Å². The number of amides is 1. The molecule has 7 heteroatoms. The number of benzene rings is 1. The SMILES string of the molecule is COc1cccc(Cn2cc(C(=O)Nc3nc(C)c(C)s3)ccc2=O)c1. The molecular formula is C19H19N3O3S. The maximum absolute atomic E-state index is 12.5. The van der Waals surface area contributed by atoms with E-state index in [9.17, 15) is 9.59 Å². The first kappa shape index (κ1) is 17.9. The minimum Gasteiger partial charge on any atom is -0.497 e. The van der Waals surface area contributed by atoms with Gasteiger partial charge in [-0.1, -0.05) is 12.1 Å². The minimum absolute atomic E-state index is 0.176. The summed E-state index contributed by atoms with van der Waals surface area (Å²) in [5, 5.41) is 3.33. The summed E-state index contributed by atoms with van der Waals surface area (Å²) in [6, 6.07) is 10.4. The highest BCUT2D eigenvalue weighted by Gasteiger charge is 2.12. The monoisotopic (exact) mass is 369 g/mol. The highest BCUT2D eigenvalue weighted by molar-refractivity contribution is 7.15. The Morgan fingerprint density at radius 1 is 1.27 bits per heavy atom. The summed E-state index contributed by atoms with van der Waals surface area (Å²) in [6.07, 6.45) is 1.56. The van der Waals surface area contributed by atoms with Crippen LogP contribution < -0.4 is 15.6 Å². The van der Waals surface area contributed by atoms with Gasteiger partial charge in [-0.25, -0.2) is 4.98 Å². The first-order valence-corrected chi connectivity index (χ1v) is 8.86. The van der Waals surface area contributed by atoms with Crippen molar-refractivity contribution in [2.24, 2.45) is 0 Å². The number of methoxy groups -OCH3 is 1. The van der Waals surface area contributed by atoms with Gasteiger partial charge < -0.3 is 9.30 Å². The van der Waals surface area contributed by atoms with Crippen molar-refractivity contribution in [1.29, 1.82) is 0 Å². The smallest absolute Gasteiger partial charge is 0.258 e. The summed E-state index contributed by atoms with van der Waals surface area (Å²) in [5.74, 6) is 0.428. The minimum atomic E-state index is -0.293. The number of aryl methyl sites for hydroxylation is 2. The largest absolute Gasteiger partial charge is 0.497 e. The molecule has 0 aliphatic rings. The van der Waals surface area contributed by atoms with E-state index in [0.29, 0.717) is 17.2 Å². The van der Waals surface area contributed by atoms with Crippen molar-refractivity contribution >= 4 is 22.4 Å². The number of rotatable bonds is 5. The van der Waals surface area contributed by atoms with Gasteiger partial charge in [0.2, 0.25) is 0 Å². The molecule has 0 fully saturated rings. The molecule has 0 saturated carbocycles. The number of aromatic nitrogens is 2. The molecule has 0 saturated heterocycles. The van der Waals surface area contributed by atoms with E-state index in [-0.39, 0.29) is 11.5 Å². The second-order valence-corrected chi connectivity index (χ2v) is 7.05. The maximum Gasteiger partial charge on any atom is 0.258 e. The van der Waals surface area contributed by atoms with Crippen LogP contribution in [0.15, 0.2) is 47.4 Å². The number of carbonyl (C=O) groups is 1. The zero-order chi connectivity index (χ0) is 18.7. The summed E-state index contributed by atoms with van der Waals surface area (Å²) in [6.45, 7) is 4.21. The molecular weight excluding hydrogens is 350 g/mol. The van der Waals surface area contributed by atoms with E-state index in [4.69, 9.17) is 4.74 Å². The summed E-state index contributed by atoms with van der Waals surface area (Å²) >= 11 is 1.43. The Hall–Kier alpha value is -2.93. The van der Waals surface area contributed by atoms with E-state index in [2.05, 4.69) is 10.3 Å². The molecule has 0 radical (unpaired) electrons. The van der Waals surface area contributed by atoms with Gasteiger partial charge in [-0.15, -0.1) is 11.3 Å². The average molecular weight is 369 g/mol. The highest BCUT2D eigenvalue weighted by atomic mass is 32.1. The van der Waals surface area contributed by atoms with Gasteiger partial charge in [0.25, 0.3) is 11.5 Å². The van der Waals surface area contributed by atoms with Crippen molar-refractivity contribution in [2.75, 3.05) is 12.4 Å². The molecule has 0 spiro atoms. The van der Waals surface area contributed by atoms with E-state index in [1.54, 1.807) is 13.3 Å². The summed E-state index contributed by atoms with van der Waals surface area (Å²) in [4.78, 5) is 30.0. The molecule has 0 unspecified atom stereocenters. The van der Waals surface area contributed by atoms with Crippen LogP contribution in [0.4, 0.5) is 5.13 Å². The molecule has 0 atom stereocenters. The second kappa shape index (κ2) is 7.53. The number of anilines is 1. The molecule has 2 aromatic heterocycles. The first-order valence-electron chi connectivity index (χ1n) is 8.05. The fourth-order valence-electron chi connectivity index (χ4n) is 2.45. The predicted molar refractivity (Wildman–Crippen MR) is 102 cm³/mol. The third-order valence-corrected chi connectivity index (χ3v) is 4.97. The van der Waals surface area contributed by atoms with Gasteiger partial charge in [0.05, 0.1) is 24.9 Å². The van der Waals surface area contributed by atoms with E-state index < -0.39 is 0 Å². The van der Waals surface area contributed by atoms with Gasteiger partial charge in [0, 0.05) is 17.1 Å². The Morgan fingerprint density at radius 2 is 2.08 bits per heavy atom. The molecule has 26 heavy (non-hydrogen) atoms. The number of nitrogens with zero attached hydrogens (tertiary/aromatic N) is 2. The number of thiazole rings is 1. The Kier molecular flexibility index (Phi) is 5.18. The van der Waals surface area contributed by atoms with Crippen LogP contribution in [-0.4, -0.2) is 22.6 Å². The van der Waals surface area contributed by atoms with Gasteiger partial charge in [-0.2, -0.15) is 0 Å². The molecule has 1 amide bonds. The van der Waals surface area contributed by atoms with Crippen molar-refractivity contribution in [2.45, 2.75) is 20.4 Å². The molecule has 0 aliphatic carbocycles. The lowest BCUT2D eigenvalue weighted by atomic mass is 10.2. The van der Waals surface area contributed by atoms with E-state index in [0.717, 1.165) is 21.9 Å². The summed E-state index contributed by atoms with van der Waals surface area (Å²) in [7, 11) is 1.60. The van der Waals surface area contributed by atoms with Gasteiger partial charge in [0.1, 0.15) is 5.75 Å². The zero-order valence-corrected chi connectivity index (χ0v) is 15.6. The Balaban J connectivity index is 1.82. The third kappa shape index (κ3) is 4.00. The Labute approximate surface area is 155 Å². The fraction of sp³-hybridized carbons (Fsp3) is 0.211. The molecule has 2 heterocycles. The van der Waals surface area contributed by atoms with Crippen LogP contribution >= 0.6 is 11.3 Å². The van der Waals surface area contributed by atoms with Crippen LogP contribution in [0, 0.1) is 13.8 Å². The zero-order valence-electron chi connectivity index (χ0n) is 14.8. The molecule has 1 N–H and O–H groups in total. The molecule has 1 aromatic carbocycles. The number of nitrogens with one attached hydrogen (secondary N) is 1. The van der Waals surface area contributed by atoms with Crippen LogP contribution in [0.3, 0.4) is 0 Å². The standard InChI is InChI=1S/C19H19N3O3S/c1-12-13(2)26-19(20-12)21-18(24)15-7-8-17(23)22(11-15)10-14-5-4-6-16(9-14)25-3/h4-9,11H,10H2,1-3H3,(H,20,21,24). The normalized spacial score (nSPS) is 10.6. The lowest BCUT2D eigenvalue weighted by molar-refractivity contribution is 0.102. The third-order valence-electron chi connectivity index (χ3n) is 3.98. The van der Waals surface area contributed by atoms with Crippen molar-refractivity contribution in [3.63, 3.8) is 0 Å². The number of hydrogen-bond donors (Lipinski definition) is 1. The summed E-state index contributed by atoms with van der Waals surface area (Å²) < 4.78 is 6.71. The Morgan fingerprint density at radius 3 is 2.77 bits per heavy atom. The predicted octanol–water partition coefficient (Wildman–Crippen LogP) is 3.23. The van der Waals surface area contributed by atoms with E-state index in [1.165, 1.54) is 28.0 Å². The number of hydrogen-bond acceptors (Lipinski definition) is 5. The van der Waals surface area contributed by atoms with Gasteiger partial charge in [-0.05, 0) is 37.6 Å². The molecule has 3 aromatic rings. The quantitative estimate of drug-likeness (QED) is 0.749. The van der Waals surface area contributed by atoms with E-state index in [1.807, 2.05) is 38.1 Å². The lowest BCUT2D eigenvalue weighted by Gasteiger charge is -2.09. The highest BCUT2D eigenvalue weighted by Crippen LogP contribution is 2.21. The van der Waals surface area contributed by atoms with Crippen molar-refractivity contribution < 1.29 is 9.53 Å². The summed E-state index contributed by atoms with van der Waals surface area (Å²) in [5.41, 5.74) is 2.03. The fourth-order valence-corrected chi connectivity index (χ4v) is 3.26. The molecule has 6 nitrogen and oxygen atoms in total. The molecule has 3 rings (SSSR count). The van der Waals surface area contributed by atoms with Crippen molar-refractivity contribution in [3.8, 4) is 5.75 Å². The van der Waals surface area contributed by atoms with Gasteiger partial charge >= 0.3 is 0 Å². The maximum atomic E-state index is 12.5. The van der Waals surface area contributed by atoms with Crippen molar-refractivity contribution in [3.05, 3.63) is 74.6 Å². The van der Waals surface area contributed by atoms with Crippen molar-refractivity contribution in [1.82, 2.24) is 9.55 Å². The van der Waals surface area contributed by atoms with Crippen LogP contribution in [-0.2, 0) is 6.54 Å². The van der Waals surface area contributed by atoms with Gasteiger partial charge in [-0.3, -0.25) is 14.9 Å². The molecule has 0 aliphatic heterocycles. The second-order valence-electron chi connectivity index (χ2n) is 5.85. The molecule has 134 valence electrons. The molecule has 0 bridgehead atoms. The van der Waals surface area contributed by atoms with Crippen LogP contribution in [0.25, 0.3) is 0 Å². The number of pyridine rings is 1. The van der Waals surface area contributed by atoms with Crippen LogP contribution in [0.5, 0.6) is 5.75 Å². The number of ether oxygens (including phenoxy) is 1. The van der Waals surface area contributed by atoms with Crippen LogP contribution in [0.2, 0.25) is 0 Å². The number of carbonyl (C=O) groups excluding carboxylic acids is 1. The van der Waals surface area contributed by atoms with Crippen LogP contribution in [0.1, 0.15) is 26.5 Å². The lowest BCUT2D eigenvalue weighted by Crippen LogP contribution is -2.22. The topological polar surface area (TPSA) is 73.2 Å².